The number of esters is 2. The summed E-state index contributed by atoms with van der Waals surface area (Å²) < 4.78 is 22.3. The number of anilines is 3. The normalized spacial score (nSPS) is 10.5. The highest BCUT2D eigenvalue weighted by Crippen LogP contribution is 2.40. The molecule has 0 radical (unpaired) electrons. The molecule has 5 aromatic rings. The highest BCUT2D eigenvalue weighted by atomic mass is 16.6. The minimum absolute atomic E-state index is 0.345. The van der Waals surface area contributed by atoms with E-state index in [9.17, 15) is 9.59 Å². The van der Waals surface area contributed by atoms with E-state index in [1.807, 2.05) is 38.1 Å². The molecule has 0 saturated carbocycles. The second-order valence-electron chi connectivity index (χ2n) is 11.2. The summed E-state index contributed by atoms with van der Waals surface area (Å²) in [6.45, 7) is 15.8. The van der Waals surface area contributed by atoms with Gasteiger partial charge in [-0.1, -0.05) is 55.6 Å². The second-order valence-corrected chi connectivity index (χ2v) is 11.2. The quantitative estimate of drug-likeness (QED) is 0.0711. The molecule has 0 bridgehead atoms. The van der Waals surface area contributed by atoms with Crippen LogP contribution in [0.1, 0.15) is 25.0 Å². The van der Waals surface area contributed by atoms with Crippen molar-refractivity contribution in [3.8, 4) is 45.3 Å². The van der Waals surface area contributed by atoms with E-state index < -0.39 is 11.9 Å². The van der Waals surface area contributed by atoms with Crippen LogP contribution in [0.5, 0.6) is 23.0 Å². The molecule has 7 nitrogen and oxygen atoms in total. The lowest BCUT2D eigenvalue weighted by atomic mass is 10.0. The van der Waals surface area contributed by atoms with E-state index >= 15 is 0 Å². The van der Waals surface area contributed by atoms with Gasteiger partial charge < -0.3 is 23.8 Å². The zero-order chi connectivity index (χ0) is 34.9. The monoisotopic (exact) mass is 653 g/mol. The van der Waals surface area contributed by atoms with Crippen LogP contribution in [0.3, 0.4) is 0 Å². The molecule has 0 unspecified atom stereocenters. The Morgan fingerprint density at radius 3 is 1.29 bits per heavy atom. The maximum atomic E-state index is 11.8. The lowest BCUT2D eigenvalue weighted by Gasteiger charge is -2.27. The number of carbonyl (C=O) groups excluding carboxylic acids is 2. The Morgan fingerprint density at radius 1 is 0.531 bits per heavy atom. The molecule has 0 heterocycles. The molecule has 0 saturated heterocycles. The van der Waals surface area contributed by atoms with Crippen LogP contribution in [-0.4, -0.2) is 25.2 Å². The van der Waals surface area contributed by atoms with Gasteiger partial charge in [-0.25, -0.2) is 9.59 Å². The Bertz CT molecular complexity index is 1840. The van der Waals surface area contributed by atoms with Crippen molar-refractivity contribution >= 4 is 29.0 Å². The van der Waals surface area contributed by atoms with Gasteiger partial charge in [-0.2, -0.15) is 0 Å². The summed E-state index contributed by atoms with van der Waals surface area (Å²) in [5.41, 5.74) is 9.13. The predicted octanol–water partition coefficient (Wildman–Crippen LogP) is 10.1. The second kappa shape index (κ2) is 15.7. The number of hydrogen-bond donors (Lipinski definition) is 0. The fourth-order valence-electron chi connectivity index (χ4n) is 5.51. The largest absolute Gasteiger partial charge is 0.490 e. The minimum atomic E-state index is -0.544. The lowest BCUT2D eigenvalue weighted by Crippen LogP contribution is -2.10. The molecule has 0 N–H and O–H groups in total. The zero-order valence-electron chi connectivity index (χ0n) is 28.2. The molecule has 0 aliphatic carbocycles. The molecule has 0 aliphatic rings. The smallest absolute Gasteiger partial charge is 0.335 e. The van der Waals surface area contributed by atoms with Gasteiger partial charge in [-0.05, 0) is 122 Å². The molecule has 0 amide bonds. The van der Waals surface area contributed by atoms with E-state index in [1.165, 1.54) is 0 Å². The average molecular weight is 654 g/mol. The van der Waals surface area contributed by atoms with Crippen molar-refractivity contribution < 1.29 is 28.5 Å². The van der Waals surface area contributed by atoms with Gasteiger partial charge in [0.05, 0.1) is 13.2 Å². The zero-order valence-corrected chi connectivity index (χ0v) is 28.2. The first-order valence-electron chi connectivity index (χ1n) is 16.0. The van der Waals surface area contributed by atoms with E-state index in [-0.39, 0.29) is 0 Å². The first-order valence-corrected chi connectivity index (χ1v) is 16.0. The number of aryl methyl sites for hydroxylation is 2. The predicted molar refractivity (Wildman–Crippen MR) is 195 cm³/mol. The molecule has 0 aliphatic heterocycles. The van der Waals surface area contributed by atoms with Crippen LogP contribution in [-0.2, 0) is 9.59 Å². The van der Waals surface area contributed by atoms with Crippen LogP contribution in [0.2, 0.25) is 0 Å². The van der Waals surface area contributed by atoms with E-state index in [1.54, 1.807) is 12.1 Å². The summed E-state index contributed by atoms with van der Waals surface area (Å²) >= 11 is 0. The summed E-state index contributed by atoms with van der Waals surface area (Å²) in [5, 5.41) is 0. The van der Waals surface area contributed by atoms with E-state index in [0.29, 0.717) is 36.2 Å². The van der Waals surface area contributed by atoms with Gasteiger partial charge in [0.25, 0.3) is 0 Å². The molecule has 0 spiro atoms. The Kier molecular flexibility index (Phi) is 11.0. The van der Waals surface area contributed by atoms with Crippen molar-refractivity contribution in [2.45, 2.75) is 27.7 Å². The Hall–Kier alpha value is -6.08. The van der Waals surface area contributed by atoms with Crippen molar-refractivity contribution in [2.75, 3.05) is 18.1 Å². The summed E-state index contributed by atoms with van der Waals surface area (Å²) in [7, 11) is 0. The molecule has 7 heteroatoms. The van der Waals surface area contributed by atoms with Gasteiger partial charge in [0.1, 0.15) is 0 Å². The van der Waals surface area contributed by atoms with E-state index in [2.05, 4.69) is 98.6 Å². The van der Waals surface area contributed by atoms with Crippen LogP contribution in [0.25, 0.3) is 22.3 Å². The summed E-state index contributed by atoms with van der Waals surface area (Å²) in [6.07, 6.45) is 2.25. The fraction of sp³-hybridized carbons (Fsp3) is 0.143. The summed E-state index contributed by atoms with van der Waals surface area (Å²) in [6, 6.07) is 34.1. The maximum Gasteiger partial charge on any atom is 0.335 e. The van der Waals surface area contributed by atoms with Crippen LogP contribution in [0.15, 0.2) is 128 Å². The number of nitrogens with zero attached hydrogens (tertiary/aromatic N) is 1. The molecule has 49 heavy (non-hydrogen) atoms. The van der Waals surface area contributed by atoms with Crippen LogP contribution < -0.4 is 23.8 Å². The van der Waals surface area contributed by atoms with Gasteiger partial charge in [0, 0.05) is 29.2 Å². The topological polar surface area (TPSA) is 74.3 Å². The van der Waals surface area contributed by atoms with E-state index in [4.69, 9.17) is 18.9 Å². The van der Waals surface area contributed by atoms with Crippen LogP contribution in [0.4, 0.5) is 17.1 Å². The highest BCUT2D eigenvalue weighted by molar-refractivity contribution is 5.85. The lowest BCUT2D eigenvalue weighted by molar-refractivity contribution is -0.130. The molecular weight excluding hydrogens is 614 g/mol. The van der Waals surface area contributed by atoms with Crippen molar-refractivity contribution in [3.05, 3.63) is 140 Å². The van der Waals surface area contributed by atoms with Crippen molar-refractivity contribution in [1.82, 2.24) is 0 Å². The Balaban J connectivity index is 1.49. The molecule has 248 valence electrons. The standard InChI is InChI=1S/C42H39NO6/c1-7-41(44)48-37-21-15-32(26-39(37)46-9-3)30-11-17-34(18-12-30)43(36-24-28(5)23-29(6)25-36)35-19-13-31(14-20-35)33-16-22-38(49-42(45)8-2)40(27-33)47-10-4/h7-8,11-27H,1-2,9-10H2,3-6H3. The molecule has 0 aromatic heterocycles. The third-order valence-electron chi connectivity index (χ3n) is 7.62. The average Bonchev–Trinajstić information content (AvgIpc) is 3.10. The first-order chi connectivity index (χ1) is 23.7. The molecular formula is C42H39NO6. The Morgan fingerprint density at radius 2 is 0.918 bits per heavy atom. The van der Waals surface area contributed by atoms with E-state index in [0.717, 1.165) is 62.6 Å². The molecule has 5 aromatic carbocycles. The first kappa shape index (κ1) is 34.3. The fourth-order valence-corrected chi connectivity index (χ4v) is 5.51. The van der Waals surface area contributed by atoms with Crippen LogP contribution in [0, 0.1) is 13.8 Å². The summed E-state index contributed by atoms with van der Waals surface area (Å²) in [4.78, 5) is 25.9. The van der Waals surface area contributed by atoms with Gasteiger partial charge in [-0.3, -0.25) is 0 Å². The van der Waals surface area contributed by atoms with Crippen molar-refractivity contribution in [3.63, 3.8) is 0 Å². The third-order valence-corrected chi connectivity index (χ3v) is 7.62. The van der Waals surface area contributed by atoms with Crippen LogP contribution >= 0.6 is 0 Å². The highest BCUT2D eigenvalue weighted by Gasteiger charge is 2.16. The number of carbonyl (C=O) groups is 2. The maximum absolute atomic E-state index is 11.8. The van der Waals surface area contributed by atoms with Gasteiger partial charge in [0.15, 0.2) is 23.0 Å². The summed E-state index contributed by atoms with van der Waals surface area (Å²) in [5.74, 6) is 0.569. The molecule has 0 atom stereocenters. The molecule has 0 fully saturated rings. The minimum Gasteiger partial charge on any atom is -0.490 e. The number of benzene rings is 5. The van der Waals surface area contributed by atoms with Gasteiger partial charge in [0.2, 0.25) is 0 Å². The van der Waals surface area contributed by atoms with Gasteiger partial charge in [-0.15, -0.1) is 0 Å². The number of ether oxygens (including phenoxy) is 4. The third kappa shape index (κ3) is 8.26. The SMILES string of the molecule is C=CC(=O)Oc1ccc(-c2ccc(N(c3ccc(-c4ccc(OC(=O)C=C)c(OCC)c4)cc3)c3cc(C)cc(C)c3)cc2)cc1OCC. The molecule has 5 rings (SSSR count). The van der Waals surface area contributed by atoms with Gasteiger partial charge >= 0.3 is 11.9 Å². The number of rotatable bonds is 13. The van der Waals surface area contributed by atoms with Crippen molar-refractivity contribution in [1.29, 1.82) is 0 Å². The Labute approximate surface area is 287 Å². The van der Waals surface area contributed by atoms with Crippen molar-refractivity contribution in [2.24, 2.45) is 0 Å². The number of hydrogen-bond acceptors (Lipinski definition) is 7.